The number of ether oxygens (including phenoxy) is 1. The highest BCUT2D eigenvalue weighted by Gasteiger charge is 2.08. The molecule has 0 saturated heterocycles. The highest BCUT2D eigenvalue weighted by molar-refractivity contribution is 5.95. The predicted octanol–water partition coefficient (Wildman–Crippen LogP) is 4.68. The Labute approximate surface area is 172 Å². The molecule has 154 valence electrons. The fourth-order valence-electron chi connectivity index (χ4n) is 2.54. The third-order valence-electron chi connectivity index (χ3n) is 3.85. The Morgan fingerprint density at radius 2 is 1.55 bits per heavy atom. The number of para-hydroxylation sites is 2. The van der Waals surface area contributed by atoms with Crippen LogP contribution in [-0.2, 0) is 9.59 Å². The van der Waals surface area contributed by atoms with Crippen molar-refractivity contribution in [3.05, 3.63) is 60.7 Å². The van der Waals surface area contributed by atoms with E-state index in [1.165, 1.54) is 0 Å². The molecule has 0 atom stereocenters. The molecule has 0 aromatic heterocycles. The molecule has 0 aliphatic rings. The van der Waals surface area contributed by atoms with Crippen molar-refractivity contribution in [2.75, 3.05) is 29.1 Å². The Bertz CT molecular complexity index is 845. The number of rotatable bonds is 10. The van der Waals surface area contributed by atoms with Gasteiger partial charge < -0.3 is 20.7 Å². The van der Waals surface area contributed by atoms with Crippen molar-refractivity contribution in [2.45, 2.75) is 27.2 Å². The van der Waals surface area contributed by atoms with Gasteiger partial charge in [-0.3, -0.25) is 9.59 Å². The van der Waals surface area contributed by atoms with Crippen LogP contribution < -0.4 is 20.7 Å². The van der Waals surface area contributed by atoms with Crippen LogP contribution in [0.15, 0.2) is 60.7 Å². The van der Waals surface area contributed by atoms with Gasteiger partial charge in [-0.2, -0.15) is 0 Å². The van der Waals surface area contributed by atoms with Crippen LogP contribution in [0.4, 0.5) is 17.1 Å². The van der Waals surface area contributed by atoms with E-state index in [9.17, 15) is 9.59 Å². The number of benzene rings is 2. The largest absolute Gasteiger partial charge is 0.487 e. The van der Waals surface area contributed by atoms with E-state index >= 15 is 0 Å². The summed E-state index contributed by atoms with van der Waals surface area (Å²) in [4.78, 5) is 24.1. The minimum Gasteiger partial charge on any atom is -0.487 e. The van der Waals surface area contributed by atoms with Crippen LogP contribution >= 0.6 is 0 Å². The van der Waals surface area contributed by atoms with Crippen molar-refractivity contribution < 1.29 is 14.3 Å². The summed E-state index contributed by atoms with van der Waals surface area (Å²) < 4.78 is 5.69. The lowest BCUT2D eigenvalue weighted by atomic mass is 10.1. The number of hydrogen-bond donors (Lipinski definition) is 3. The first-order valence-corrected chi connectivity index (χ1v) is 9.63. The van der Waals surface area contributed by atoms with Crippen molar-refractivity contribution in [3.63, 3.8) is 0 Å². The molecule has 0 heterocycles. The van der Waals surface area contributed by atoms with E-state index in [2.05, 4.69) is 22.5 Å². The second-order valence-electron chi connectivity index (χ2n) is 7.37. The van der Waals surface area contributed by atoms with Gasteiger partial charge in [-0.1, -0.05) is 32.6 Å². The molecule has 0 saturated carbocycles. The fourth-order valence-corrected chi connectivity index (χ4v) is 2.54. The third-order valence-corrected chi connectivity index (χ3v) is 3.85. The molecular weight excluding hydrogens is 366 g/mol. The molecule has 0 fully saturated rings. The maximum Gasteiger partial charge on any atom is 0.243 e. The first kappa shape index (κ1) is 22.0. The first-order chi connectivity index (χ1) is 13.8. The van der Waals surface area contributed by atoms with Crippen LogP contribution in [-0.4, -0.2) is 25.0 Å². The van der Waals surface area contributed by atoms with Crippen molar-refractivity contribution >= 4 is 28.9 Å². The van der Waals surface area contributed by atoms with E-state index in [0.29, 0.717) is 36.1 Å². The highest BCUT2D eigenvalue weighted by atomic mass is 16.5. The SMILES string of the molecule is C=C(C)COc1ccccc1NCC(=O)Nc1ccc(NC(=O)CC(C)C)cc1. The lowest BCUT2D eigenvalue weighted by Crippen LogP contribution is -2.22. The first-order valence-electron chi connectivity index (χ1n) is 9.63. The van der Waals surface area contributed by atoms with Gasteiger partial charge in [0.25, 0.3) is 0 Å². The van der Waals surface area contributed by atoms with Crippen molar-refractivity contribution in [3.8, 4) is 5.75 Å². The molecule has 3 N–H and O–H groups in total. The van der Waals surface area contributed by atoms with E-state index in [4.69, 9.17) is 4.74 Å². The van der Waals surface area contributed by atoms with Crippen LogP contribution in [0.25, 0.3) is 0 Å². The second kappa shape index (κ2) is 10.9. The third kappa shape index (κ3) is 8.09. The average Bonchev–Trinajstić information content (AvgIpc) is 2.66. The zero-order valence-electron chi connectivity index (χ0n) is 17.2. The molecule has 0 bridgehead atoms. The van der Waals surface area contributed by atoms with E-state index in [-0.39, 0.29) is 18.4 Å². The van der Waals surface area contributed by atoms with Gasteiger partial charge in [-0.15, -0.1) is 0 Å². The van der Waals surface area contributed by atoms with Gasteiger partial charge in [-0.25, -0.2) is 0 Å². The van der Waals surface area contributed by atoms with E-state index in [0.717, 1.165) is 11.3 Å². The van der Waals surface area contributed by atoms with Gasteiger partial charge in [0.15, 0.2) is 0 Å². The molecule has 0 radical (unpaired) electrons. The topological polar surface area (TPSA) is 79.5 Å². The molecule has 2 aromatic carbocycles. The average molecular weight is 396 g/mol. The maximum absolute atomic E-state index is 12.2. The molecule has 2 amide bonds. The van der Waals surface area contributed by atoms with Gasteiger partial charge >= 0.3 is 0 Å². The van der Waals surface area contributed by atoms with Gasteiger partial charge in [0, 0.05) is 17.8 Å². The summed E-state index contributed by atoms with van der Waals surface area (Å²) in [7, 11) is 0. The molecule has 29 heavy (non-hydrogen) atoms. The molecule has 2 rings (SSSR count). The van der Waals surface area contributed by atoms with E-state index in [1.807, 2.05) is 45.0 Å². The minimum atomic E-state index is -0.184. The summed E-state index contributed by atoms with van der Waals surface area (Å²) in [5.74, 6) is 0.770. The normalized spacial score (nSPS) is 10.3. The van der Waals surface area contributed by atoms with Crippen LogP contribution in [0.2, 0.25) is 0 Å². The zero-order chi connectivity index (χ0) is 21.2. The number of nitrogens with one attached hydrogen (secondary N) is 3. The van der Waals surface area contributed by atoms with Gasteiger partial charge in [-0.05, 0) is 54.8 Å². The van der Waals surface area contributed by atoms with Crippen molar-refractivity contribution in [1.82, 2.24) is 0 Å². The van der Waals surface area contributed by atoms with Crippen LogP contribution in [0.3, 0.4) is 0 Å². The number of carbonyl (C=O) groups excluding carboxylic acids is 2. The lowest BCUT2D eigenvalue weighted by molar-refractivity contribution is -0.117. The Kier molecular flexibility index (Phi) is 8.27. The number of anilines is 3. The quantitative estimate of drug-likeness (QED) is 0.511. The van der Waals surface area contributed by atoms with E-state index < -0.39 is 0 Å². The molecular formula is C23H29N3O3. The molecule has 6 nitrogen and oxygen atoms in total. The Morgan fingerprint density at radius 1 is 0.966 bits per heavy atom. The van der Waals surface area contributed by atoms with Gasteiger partial charge in [0.2, 0.25) is 11.8 Å². The molecule has 0 unspecified atom stereocenters. The summed E-state index contributed by atoms with van der Waals surface area (Å²) in [6, 6.07) is 14.5. The summed E-state index contributed by atoms with van der Waals surface area (Å²) in [5, 5.41) is 8.76. The standard InChI is InChI=1S/C23H29N3O3/c1-16(2)13-22(27)25-18-9-11-19(12-10-18)26-23(28)14-24-20-7-5-6-8-21(20)29-15-17(3)4/h5-12,16,24H,3,13-15H2,1-2,4H3,(H,25,27)(H,26,28). The second-order valence-corrected chi connectivity index (χ2v) is 7.37. The van der Waals surface area contributed by atoms with Crippen LogP contribution in [0, 0.1) is 5.92 Å². The van der Waals surface area contributed by atoms with Crippen molar-refractivity contribution in [1.29, 1.82) is 0 Å². The lowest BCUT2D eigenvalue weighted by Gasteiger charge is -2.13. The smallest absolute Gasteiger partial charge is 0.243 e. The van der Waals surface area contributed by atoms with Crippen LogP contribution in [0.5, 0.6) is 5.75 Å². The summed E-state index contributed by atoms with van der Waals surface area (Å²) in [5.41, 5.74) is 3.02. The predicted molar refractivity (Wildman–Crippen MR) is 118 cm³/mol. The van der Waals surface area contributed by atoms with Crippen molar-refractivity contribution in [2.24, 2.45) is 5.92 Å². The number of amides is 2. The molecule has 0 spiro atoms. The summed E-state index contributed by atoms with van der Waals surface area (Å²) in [6.45, 7) is 10.2. The molecule has 6 heteroatoms. The van der Waals surface area contributed by atoms with Crippen LogP contribution in [0.1, 0.15) is 27.2 Å². The highest BCUT2D eigenvalue weighted by Crippen LogP contribution is 2.24. The Hall–Kier alpha value is -3.28. The fraction of sp³-hybridized carbons (Fsp3) is 0.304. The monoisotopic (exact) mass is 395 g/mol. The minimum absolute atomic E-state index is 0.0199. The van der Waals surface area contributed by atoms with Gasteiger partial charge in [0.05, 0.1) is 12.2 Å². The molecule has 2 aromatic rings. The number of hydrogen-bond acceptors (Lipinski definition) is 4. The van der Waals surface area contributed by atoms with Gasteiger partial charge in [0.1, 0.15) is 12.4 Å². The maximum atomic E-state index is 12.2. The van der Waals surface area contributed by atoms with E-state index in [1.54, 1.807) is 24.3 Å². The summed E-state index contributed by atoms with van der Waals surface area (Å²) >= 11 is 0. The Morgan fingerprint density at radius 3 is 2.14 bits per heavy atom. The Balaban J connectivity index is 1.85. The summed E-state index contributed by atoms with van der Waals surface area (Å²) in [6.07, 6.45) is 0.474. The zero-order valence-corrected chi connectivity index (χ0v) is 17.2. The molecule has 0 aliphatic carbocycles. The molecule has 0 aliphatic heterocycles. The number of carbonyl (C=O) groups is 2.